The molecule has 0 radical (unpaired) electrons. The van der Waals surface area contributed by atoms with Crippen molar-refractivity contribution in [2.45, 2.75) is 12.2 Å². The van der Waals surface area contributed by atoms with Gasteiger partial charge in [-0.25, -0.2) is 0 Å². The minimum Gasteiger partial charge on any atom is -0.666 e. The smallest absolute Gasteiger partial charge is 0.0529 e. The van der Waals surface area contributed by atoms with Crippen molar-refractivity contribution < 1.29 is 0 Å². The summed E-state index contributed by atoms with van der Waals surface area (Å²) >= 11 is 1.86. The molecule has 1 aliphatic heterocycles. The lowest BCUT2D eigenvalue weighted by Gasteiger charge is -2.44. The molecule has 3 heterocycles. The van der Waals surface area contributed by atoms with Gasteiger partial charge >= 0.3 is 0 Å². The summed E-state index contributed by atoms with van der Waals surface area (Å²) < 4.78 is 4.82. The van der Waals surface area contributed by atoms with Crippen molar-refractivity contribution in [3.63, 3.8) is 0 Å². The second-order valence-electron chi connectivity index (χ2n) is 13.7. The van der Waals surface area contributed by atoms with Crippen molar-refractivity contribution in [1.29, 1.82) is 0 Å². The number of aromatic nitrogens is 1. The standard InChI is InChI=1S/C48H35N4S/c49-38-21-23-45-37(28-38)25-26-52(45)39-22-24-46-42(29-39)41-16-8-15-40(47(41)53-46)35-13-7-14-36(27-35)44-30-43(50-48(51-44)34-11-5-2-6-12-34)33-19-17-32(18-20-33)31-9-3-1-4-10-31/h1-30,44,48,51H,49H2/q-1. The largest absolute Gasteiger partial charge is 0.666 e. The molecule has 10 rings (SSSR count). The lowest BCUT2D eigenvalue weighted by Crippen LogP contribution is -2.28. The monoisotopic (exact) mass is 699 g/mol. The molecule has 2 aromatic heterocycles. The molecule has 0 bridgehead atoms. The third-order valence-corrected chi connectivity index (χ3v) is 11.6. The molecule has 7 aromatic carbocycles. The van der Waals surface area contributed by atoms with Crippen LogP contribution in [0, 0.1) is 0 Å². The van der Waals surface area contributed by atoms with Crippen LogP contribution in [0.1, 0.15) is 28.9 Å². The van der Waals surface area contributed by atoms with E-state index in [2.05, 4.69) is 180 Å². The van der Waals surface area contributed by atoms with Gasteiger partial charge in [0.2, 0.25) is 0 Å². The third-order valence-electron chi connectivity index (χ3n) is 10.4. The third kappa shape index (κ3) is 5.77. The van der Waals surface area contributed by atoms with Crippen molar-refractivity contribution in [3.8, 4) is 27.9 Å². The first-order valence-electron chi connectivity index (χ1n) is 18.0. The first kappa shape index (κ1) is 31.3. The Bertz CT molecular complexity index is 2800. The topological polar surface area (TPSA) is 57.1 Å². The fourth-order valence-corrected chi connectivity index (χ4v) is 8.90. The highest BCUT2D eigenvalue weighted by Crippen LogP contribution is 2.43. The number of thiophene rings is 1. The van der Waals surface area contributed by atoms with Gasteiger partial charge in [-0.3, -0.25) is 0 Å². The molecule has 3 N–H and O–H groups in total. The number of nitrogens with two attached hydrogens (primary N) is 1. The zero-order chi connectivity index (χ0) is 35.3. The van der Waals surface area contributed by atoms with E-state index in [-0.39, 0.29) is 12.2 Å². The number of rotatable bonds is 6. The molecular formula is C48H35N4S-. The van der Waals surface area contributed by atoms with Crippen LogP contribution in [0.15, 0.2) is 182 Å². The van der Waals surface area contributed by atoms with Gasteiger partial charge in [0.25, 0.3) is 0 Å². The molecule has 1 aliphatic rings. The summed E-state index contributed by atoms with van der Waals surface area (Å²) in [4.78, 5) is 0. The van der Waals surface area contributed by atoms with E-state index in [4.69, 9.17) is 11.1 Å². The molecule has 4 nitrogen and oxygen atoms in total. The van der Waals surface area contributed by atoms with Crippen LogP contribution in [0.5, 0.6) is 0 Å². The van der Waals surface area contributed by atoms with Crippen LogP contribution in [-0.4, -0.2) is 4.57 Å². The highest BCUT2D eigenvalue weighted by Gasteiger charge is 2.19. The van der Waals surface area contributed by atoms with Crippen molar-refractivity contribution in [2.24, 2.45) is 0 Å². The van der Waals surface area contributed by atoms with E-state index < -0.39 is 0 Å². The Morgan fingerprint density at radius 3 is 2.17 bits per heavy atom. The Morgan fingerprint density at radius 2 is 1.32 bits per heavy atom. The summed E-state index contributed by atoms with van der Waals surface area (Å²) in [6.45, 7) is 0. The summed E-state index contributed by atoms with van der Waals surface area (Å²) in [5, 5.41) is 12.8. The van der Waals surface area contributed by atoms with Gasteiger partial charge in [0.05, 0.1) is 5.52 Å². The second kappa shape index (κ2) is 13.0. The molecule has 254 valence electrons. The quantitative estimate of drug-likeness (QED) is 0.170. The number of anilines is 1. The molecule has 0 fully saturated rings. The van der Waals surface area contributed by atoms with Crippen LogP contribution >= 0.6 is 11.3 Å². The summed E-state index contributed by atoms with van der Waals surface area (Å²) in [5.74, 6) is 0. The summed E-state index contributed by atoms with van der Waals surface area (Å²) in [7, 11) is 0. The van der Waals surface area contributed by atoms with E-state index in [0.717, 1.165) is 39.1 Å². The maximum Gasteiger partial charge on any atom is 0.0529 e. The average Bonchev–Trinajstić information content (AvgIpc) is 3.82. The van der Waals surface area contributed by atoms with Crippen molar-refractivity contribution in [3.05, 3.63) is 204 Å². The molecule has 53 heavy (non-hydrogen) atoms. The van der Waals surface area contributed by atoms with Crippen LogP contribution in [-0.2, 0) is 0 Å². The number of nitrogens with one attached hydrogen (secondary N) is 1. The normalized spacial score (nSPS) is 15.8. The first-order chi connectivity index (χ1) is 26.1. The summed E-state index contributed by atoms with van der Waals surface area (Å²) in [6, 6.07) is 60.5. The van der Waals surface area contributed by atoms with E-state index in [1.807, 2.05) is 23.5 Å². The predicted octanol–water partition coefficient (Wildman–Crippen LogP) is 12.7. The minimum absolute atomic E-state index is 0.0302. The number of nitrogen functional groups attached to an aromatic ring is 1. The Morgan fingerprint density at radius 1 is 0.585 bits per heavy atom. The Balaban J connectivity index is 1.02. The SMILES string of the molecule is Nc1ccc2c(ccn2-c2ccc3sc4c(-c5cccc(C6C=C(c7ccc(-c8ccccc8)cc7)[N-]C(c7ccccc7)N6)c5)cccc4c3c2)c1. The van der Waals surface area contributed by atoms with Gasteiger partial charge < -0.3 is 20.9 Å². The van der Waals surface area contributed by atoms with E-state index in [1.165, 1.54) is 48.0 Å². The van der Waals surface area contributed by atoms with Gasteiger partial charge in [0.1, 0.15) is 0 Å². The second-order valence-corrected chi connectivity index (χ2v) is 14.7. The van der Waals surface area contributed by atoms with Crippen molar-refractivity contribution in [1.82, 2.24) is 9.88 Å². The number of hydrogen-bond acceptors (Lipinski definition) is 3. The van der Waals surface area contributed by atoms with Gasteiger partial charge in [0.15, 0.2) is 0 Å². The van der Waals surface area contributed by atoms with Crippen LogP contribution in [0.25, 0.3) is 70.0 Å². The summed E-state index contributed by atoms with van der Waals surface area (Å²) in [5.41, 5.74) is 18.5. The zero-order valence-electron chi connectivity index (χ0n) is 28.9. The van der Waals surface area contributed by atoms with Gasteiger partial charge in [-0.15, -0.1) is 17.0 Å². The van der Waals surface area contributed by atoms with Gasteiger partial charge in [0, 0.05) is 49.2 Å². The van der Waals surface area contributed by atoms with E-state index >= 15 is 0 Å². The van der Waals surface area contributed by atoms with Crippen molar-refractivity contribution >= 4 is 53.8 Å². The van der Waals surface area contributed by atoms with Gasteiger partial charge in [-0.1, -0.05) is 127 Å². The highest BCUT2D eigenvalue weighted by molar-refractivity contribution is 7.26. The Hall–Kier alpha value is -6.40. The molecular weight excluding hydrogens is 665 g/mol. The number of benzene rings is 7. The Kier molecular flexibility index (Phi) is 7.68. The molecule has 2 atom stereocenters. The molecule has 0 spiro atoms. The fraction of sp³-hybridized carbons (Fsp3) is 0.0417. The van der Waals surface area contributed by atoms with E-state index in [9.17, 15) is 0 Å². The molecule has 5 heteroatoms. The van der Waals surface area contributed by atoms with Crippen LogP contribution in [0.2, 0.25) is 0 Å². The first-order valence-corrected chi connectivity index (χ1v) is 18.8. The molecule has 0 aliphatic carbocycles. The molecule has 2 unspecified atom stereocenters. The zero-order valence-corrected chi connectivity index (χ0v) is 29.7. The molecule has 0 amide bonds. The lowest BCUT2D eigenvalue weighted by molar-refractivity contribution is 0.541. The van der Waals surface area contributed by atoms with E-state index in [0.29, 0.717) is 0 Å². The predicted molar refractivity (Wildman–Crippen MR) is 224 cm³/mol. The molecule has 0 saturated carbocycles. The van der Waals surface area contributed by atoms with Crippen LogP contribution in [0.4, 0.5) is 5.69 Å². The minimum atomic E-state index is -0.173. The van der Waals surface area contributed by atoms with E-state index in [1.54, 1.807) is 0 Å². The van der Waals surface area contributed by atoms with Gasteiger partial charge in [-0.2, -0.15) is 0 Å². The lowest BCUT2D eigenvalue weighted by atomic mass is 9.94. The van der Waals surface area contributed by atoms with Gasteiger partial charge in [-0.05, 0) is 93.6 Å². The maximum atomic E-state index is 6.07. The number of nitrogens with zero attached hydrogens (tertiary/aromatic N) is 2. The van der Waals surface area contributed by atoms with Crippen LogP contribution < -0.4 is 11.1 Å². The summed E-state index contributed by atoms with van der Waals surface area (Å²) in [6.07, 6.45) is 4.23. The average molecular weight is 700 g/mol. The maximum absolute atomic E-state index is 6.07. The number of hydrogen-bond donors (Lipinski definition) is 2. The van der Waals surface area contributed by atoms with Crippen molar-refractivity contribution in [2.75, 3.05) is 5.73 Å². The number of fused-ring (bicyclic) bond motifs is 4. The highest BCUT2D eigenvalue weighted by atomic mass is 32.1. The molecule has 0 saturated heterocycles. The Labute approximate surface area is 312 Å². The van der Waals surface area contributed by atoms with Crippen LogP contribution in [0.3, 0.4) is 0 Å². The molecule has 9 aromatic rings. The fourth-order valence-electron chi connectivity index (χ4n) is 7.68.